The maximum absolute atomic E-state index is 4.24. The lowest BCUT2D eigenvalue weighted by molar-refractivity contribution is 0.958. The minimum Gasteiger partial charge on any atom is -0.254 e. The zero-order chi connectivity index (χ0) is 8.55. The molecular weight excluding hydrogens is 150 g/mol. The molecule has 3 heteroatoms. The zero-order valence-electron chi connectivity index (χ0n) is 7.07. The molecule has 0 amide bonds. The maximum atomic E-state index is 4.24. The number of fused-ring (bicyclic) bond motifs is 1. The maximum Gasteiger partial charge on any atom is 0.0951 e. The molecule has 0 spiro atoms. The lowest BCUT2D eigenvalue weighted by atomic mass is 10.2. The largest absolute Gasteiger partial charge is 0.254 e. The van der Waals surface area contributed by atoms with Crippen LogP contribution in [0.1, 0.15) is 11.4 Å². The Bertz CT molecular complexity index is 383. The van der Waals surface area contributed by atoms with Crippen molar-refractivity contribution < 1.29 is 0 Å². The number of rotatable bonds is 0. The highest BCUT2D eigenvalue weighted by Gasteiger charge is 2.01. The molecule has 60 valence electrons. The van der Waals surface area contributed by atoms with Crippen LogP contribution in [-0.2, 0) is 0 Å². The molecule has 12 heavy (non-hydrogen) atoms. The van der Waals surface area contributed by atoms with E-state index in [4.69, 9.17) is 0 Å². The summed E-state index contributed by atoms with van der Waals surface area (Å²) in [6, 6.07) is 3.93. The number of hydrogen-bond acceptors (Lipinski definition) is 3. The minimum atomic E-state index is 0.885. The third-order valence-corrected chi connectivity index (χ3v) is 1.89. The number of pyridine rings is 1. The molecule has 3 nitrogen and oxygen atoms in total. The summed E-state index contributed by atoms with van der Waals surface area (Å²) >= 11 is 0. The van der Waals surface area contributed by atoms with Crippen molar-refractivity contribution in [3.63, 3.8) is 0 Å². The standard InChI is InChI=1S/C9H9N3/c1-6-8-4-3-5-10-9(8)7(2)12-11-6/h3-5H,1-2H3. The third-order valence-electron chi connectivity index (χ3n) is 1.89. The van der Waals surface area contributed by atoms with Crippen LogP contribution in [0.2, 0.25) is 0 Å². The molecule has 0 saturated heterocycles. The molecule has 0 unspecified atom stereocenters. The van der Waals surface area contributed by atoms with Crippen LogP contribution in [0, 0.1) is 13.8 Å². The first-order valence-electron chi connectivity index (χ1n) is 3.83. The summed E-state index contributed by atoms with van der Waals surface area (Å²) in [5.41, 5.74) is 2.77. The van der Waals surface area contributed by atoms with Crippen LogP contribution < -0.4 is 0 Å². The Morgan fingerprint density at radius 1 is 1.08 bits per heavy atom. The first kappa shape index (κ1) is 7.16. The van der Waals surface area contributed by atoms with Crippen molar-refractivity contribution in [2.75, 3.05) is 0 Å². The molecule has 0 atom stereocenters. The van der Waals surface area contributed by atoms with Gasteiger partial charge in [-0.15, -0.1) is 0 Å². The zero-order valence-corrected chi connectivity index (χ0v) is 7.07. The van der Waals surface area contributed by atoms with Gasteiger partial charge in [-0.2, -0.15) is 10.2 Å². The Labute approximate surface area is 70.5 Å². The van der Waals surface area contributed by atoms with Crippen LogP contribution in [0.15, 0.2) is 18.3 Å². The summed E-state index contributed by atoms with van der Waals surface area (Å²) in [6.45, 7) is 3.86. The second kappa shape index (κ2) is 2.52. The molecule has 0 N–H and O–H groups in total. The van der Waals surface area contributed by atoms with Gasteiger partial charge in [-0.1, -0.05) is 0 Å². The van der Waals surface area contributed by atoms with E-state index in [0.29, 0.717) is 0 Å². The molecule has 0 fully saturated rings. The predicted octanol–water partition coefficient (Wildman–Crippen LogP) is 1.64. The molecule has 0 saturated carbocycles. The van der Waals surface area contributed by atoms with Gasteiger partial charge in [0.05, 0.1) is 16.9 Å². The Morgan fingerprint density at radius 2 is 1.83 bits per heavy atom. The molecule has 0 bridgehead atoms. The fourth-order valence-corrected chi connectivity index (χ4v) is 1.24. The van der Waals surface area contributed by atoms with Gasteiger partial charge in [-0.05, 0) is 26.0 Å². The molecule has 0 aliphatic heterocycles. The van der Waals surface area contributed by atoms with Crippen LogP contribution in [0.4, 0.5) is 0 Å². The first-order valence-corrected chi connectivity index (χ1v) is 3.83. The highest BCUT2D eigenvalue weighted by atomic mass is 15.1. The van der Waals surface area contributed by atoms with Crippen LogP contribution in [0.3, 0.4) is 0 Å². The van der Waals surface area contributed by atoms with E-state index in [1.165, 1.54) is 0 Å². The predicted molar refractivity (Wildman–Crippen MR) is 46.8 cm³/mol. The minimum absolute atomic E-state index is 0.885. The molecule has 2 rings (SSSR count). The lowest BCUT2D eigenvalue weighted by Gasteiger charge is -2.00. The fraction of sp³-hybridized carbons (Fsp3) is 0.222. The number of nitrogens with zero attached hydrogens (tertiary/aromatic N) is 3. The van der Waals surface area contributed by atoms with E-state index in [0.717, 1.165) is 22.3 Å². The molecule has 2 aromatic rings. The Hall–Kier alpha value is -1.51. The van der Waals surface area contributed by atoms with Crippen LogP contribution >= 0.6 is 0 Å². The Kier molecular flexibility index (Phi) is 1.50. The van der Waals surface area contributed by atoms with E-state index >= 15 is 0 Å². The summed E-state index contributed by atoms with van der Waals surface area (Å²) in [5, 5.41) is 9.10. The molecule has 2 heterocycles. The molecule has 2 aromatic heterocycles. The highest BCUT2D eigenvalue weighted by molar-refractivity contribution is 5.81. The van der Waals surface area contributed by atoms with Crippen molar-refractivity contribution in [3.05, 3.63) is 29.7 Å². The van der Waals surface area contributed by atoms with Crippen LogP contribution in [-0.4, -0.2) is 15.2 Å². The van der Waals surface area contributed by atoms with Crippen LogP contribution in [0.25, 0.3) is 10.9 Å². The number of aryl methyl sites for hydroxylation is 2. The van der Waals surface area contributed by atoms with Crippen molar-refractivity contribution in [1.29, 1.82) is 0 Å². The molecule has 0 aliphatic carbocycles. The van der Waals surface area contributed by atoms with Crippen molar-refractivity contribution in [3.8, 4) is 0 Å². The van der Waals surface area contributed by atoms with Gasteiger partial charge in [0.2, 0.25) is 0 Å². The quantitative estimate of drug-likeness (QED) is 0.586. The molecule has 0 aliphatic rings. The normalized spacial score (nSPS) is 10.5. The smallest absolute Gasteiger partial charge is 0.0951 e. The summed E-state index contributed by atoms with van der Waals surface area (Å²) in [7, 11) is 0. The Balaban J connectivity index is 2.95. The first-order chi connectivity index (χ1) is 5.79. The van der Waals surface area contributed by atoms with Gasteiger partial charge in [0, 0.05) is 11.6 Å². The van der Waals surface area contributed by atoms with E-state index in [1.54, 1.807) is 6.20 Å². The summed E-state index contributed by atoms with van der Waals surface area (Å²) in [5.74, 6) is 0. The topological polar surface area (TPSA) is 38.7 Å². The SMILES string of the molecule is Cc1nnc(C)c2ncccc12. The van der Waals surface area contributed by atoms with Gasteiger partial charge >= 0.3 is 0 Å². The average molecular weight is 159 g/mol. The van der Waals surface area contributed by atoms with E-state index in [9.17, 15) is 0 Å². The van der Waals surface area contributed by atoms with Gasteiger partial charge in [-0.3, -0.25) is 4.98 Å². The van der Waals surface area contributed by atoms with Crippen molar-refractivity contribution in [1.82, 2.24) is 15.2 Å². The van der Waals surface area contributed by atoms with Gasteiger partial charge < -0.3 is 0 Å². The summed E-state index contributed by atoms with van der Waals surface area (Å²) in [6.07, 6.45) is 1.77. The van der Waals surface area contributed by atoms with Gasteiger partial charge in [0.25, 0.3) is 0 Å². The number of hydrogen-bond donors (Lipinski definition) is 0. The van der Waals surface area contributed by atoms with Crippen molar-refractivity contribution in [2.24, 2.45) is 0 Å². The number of aromatic nitrogens is 3. The Morgan fingerprint density at radius 3 is 2.58 bits per heavy atom. The lowest BCUT2D eigenvalue weighted by Crippen LogP contribution is -1.94. The van der Waals surface area contributed by atoms with Gasteiger partial charge in [0.1, 0.15) is 0 Å². The molecule has 0 aromatic carbocycles. The monoisotopic (exact) mass is 159 g/mol. The van der Waals surface area contributed by atoms with Crippen LogP contribution in [0.5, 0.6) is 0 Å². The van der Waals surface area contributed by atoms with Gasteiger partial charge in [0.15, 0.2) is 0 Å². The van der Waals surface area contributed by atoms with Crippen molar-refractivity contribution >= 4 is 10.9 Å². The average Bonchev–Trinajstić information content (AvgIpc) is 2.12. The van der Waals surface area contributed by atoms with E-state index < -0.39 is 0 Å². The van der Waals surface area contributed by atoms with E-state index in [2.05, 4.69) is 15.2 Å². The van der Waals surface area contributed by atoms with E-state index in [1.807, 2.05) is 26.0 Å². The third kappa shape index (κ3) is 0.942. The van der Waals surface area contributed by atoms with Crippen molar-refractivity contribution in [2.45, 2.75) is 13.8 Å². The summed E-state index contributed by atoms with van der Waals surface area (Å²) in [4.78, 5) is 4.24. The molecule has 0 radical (unpaired) electrons. The van der Waals surface area contributed by atoms with Gasteiger partial charge in [-0.25, -0.2) is 0 Å². The second-order valence-corrected chi connectivity index (χ2v) is 2.77. The highest BCUT2D eigenvalue weighted by Crippen LogP contribution is 2.14. The summed E-state index contributed by atoms with van der Waals surface area (Å²) < 4.78 is 0. The second-order valence-electron chi connectivity index (χ2n) is 2.77. The van der Waals surface area contributed by atoms with E-state index in [-0.39, 0.29) is 0 Å². The fourth-order valence-electron chi connectivity index (χ4n) is 1.24. The molecular formula is C9H9N3.